The van der Waals surface area contributed by atoms with Gasteiger partial charge in [-0.25, -0.2) is 9.18 Å². The normalized spacial score (nSPS) is 22.9. The molecule has 1 saturated carbocycles. The Morgan fingerprint density at radius 2 is 1.71 bits per heavy atom. The quantitative estimate of drug-likeness (QED) is 0.415. The van der Waals surface area contributed by atoms with Crippen molar-refractivity contribution in [3.63, 3.8) is 0 Å². The molecule has 0 spiro atoms. The van der Waals surface area contributed by atoms with Gasteiger partial charge in [0.15, 0.2) is 12.4 Å². The lowest BCUT2D eigenvalue weighted by molar-refractivity contribution is -0.122. The number of hydrogen-bond donors (Lipinski definition) is 0. The maximum Gasteiger partial charge on any atom is 0.338 e. The van der Waals surface area contributed by atoms with Crippen LogP contribution in [0.5, 0.6) is 0 Å². The van der Waals surface area contributed by atoms with E-state index in [1.165, 1.54) is 29.2 Å². The van der Waals surface area contributed by atoms with Crippen LogP contribution in [-0.4, -0.2) is 30.2 Å². The summed E-state index contributed by atoms with van der Waals surface area (Å²) in [6.07, 6.45) is 2.31. The van der Waals surface area contributed by atoms with Crippen LogP contribution in [0.1, 0.15) is 46.9 Å². The molecule has 2 aromatic rings. The maximum atomic E-state index is 13.0. The van der Waals surface area contributed by atoms with Crippen LogP contribution in [0, 0.1) is 23.6 Å². The Hall–Kier alpha value is -3.35. The summed E-state index contributed by atoms with van der Waals surface area (Å²) in [5.74, 6) is -2.33. The van der Waals surface area contributed by atoms with Crippen molar-refractivity contribution in [3.05, 3.63) is 65.5 Å². The van der Waals surface area contributed by atoms with Gasteiger partial charge in [-0.05, 0) is 67.6 Å². The number of carbonyl (C=O) groups excluding carboxylic acids is 4. The Kier molecular flexibility index (Phi) is 5.67. The average Bonchev–Trinajstić information content (AvgIpc) is 3.01. The molecule has 0 N–H and O–H groups in total. The first kappa shape index (κ1) is 20.9. The zero-order valence-electron chi connectivity index (χ0n) is 17.0. The summed E-state index contributed by atoms with van der Waals surface area (Å²) in [4.78, 5) is 51.5. The van der Waals surface area contributed by atoms with Crippen molar-refractivity contribution < 1.29 is 28.3 Å². The van der Waals surface area contributed by atoms with Gasteiger partial charge in [0.05, 0.1) is 23.1 Å². The van der Waals surface area contributed by atoms with Crippen LogP contribution in [0.3, 0.4) is 0 Å². The van der Waals surface area contributed by atoms with Gasteiger partial charge in [0.2, 0.25) is 11.8 Å². The molecule has 0 radical (unpaired) electrons. The smallest absolute Gasteiger partial charge is 0.338 e. The summed E-state index contributed by atoms with van der Waals surface area (Å²) in [5, 5.41) is 0. The topological polar surface area (TPSA) is 80.8 Å². The standard InChI is InChI=1S/C24H22FNO5/c1-14-5-10-19-20(11-14)23(29)26(22(19)28)18-4-2-3-16(12-18)24(30)31-13-21(27)15-6-8-17(25)9-7-15/h2-4,6-9,12,14,19-20H,5,10-11,13H2,1H3/t14-,19+,20+/m1/s1. The molecule has 1 aliphatic heterocycles. The van der Waals surface area contributed by atoms with E-state index in [1.807, 2.05) is 0 Å². The zero-order valence-corrected chi connectivity index (χ0v) is 17.0. The largest absolute Gasteiger partial charge is 0.454 e. The number of imide groups is 1. The summed E-state index contributed by atoms with van der Waals surface area (Å²) < 4.78 is 18.1. The first-order valence-electron chi connectivity index (χ1n) is 10.3. The van der Waals surface area contributed by atoms with Crippen LogP contribution < -0.4 is 4.90 Å². The van der Waals surface area contributed by atoms with Crippen molar-refractivity contribution in [3.8, 4) is 0 Å². The molecule has 0 aromatic heterocycles. The minimum absolute atomic E-state index is 0.133. The van der Waals surface area contributed by atoms with Crippen molar-refractivity contribution in [2.24, 2.45) is 17.8 Å². The van der Waals surface area contributed by atoms with E-state index >= 15 is 0 Å². The number of benzene rings is 2. The van der Waals surface area contributed by atoms with Crippen molar-refractivity contribution in [2.45, 2.75) is 26.2 Å². The third-order valence-corrected chi connectivity index (χ3v) is 6.03. The molecule has 1 aliphatic carbocycles. The average molecular weight is 423 g/mol. The van der Waals surface area contributed by atoms with Crippen molar-refractivity contribution >= 4 is 29.3 Å². The van der Waals surface area contributed by atoms with Crippen molar-refractivity contribution in [2.75, 3.05) is 11.5 Å². The fourth-order valence-corrected chi connectivity index (χ4v) is 4.35. The lowest BCUT2D eigenvalue weighted by Crippen LogP contribution is -2.31. The molecule has 0 unspecified atom stereocenters. The van der Waals surface area contributed by atoms with Gasteiger partial charge in [-0.2, -0.15) is 0 Å². The number of anilines is 1. The minimum Gasteiger partial charge on any atom is -0.454 e. The van der Waals surface area contributed by atoms with E-state index in [9.17, 15) is 23.6 Å². The molecular formula is C24H22FNO5. The molecule has 4 rings (SSSR count). The van der Waals surface area contributed by atoms with Crippen LogP contribution >= 0.6 is 0 Å². The van der Waals surface area contributed by atoms with Gasteiger partial charge in [-0.15, -0.1) is 0 Å². The third kappa shape index (κ3) is 4.13. The number of ether oxygens (including phenoxy) is 1. The number of rotatable bonds is 5. The summed E-state index contributed by atoms with van der Waals surface area (Å²) in [6.45, 7) is 1.58. The second-order valence-corrected chi connectivity index (χ2v) is 8.20. The van der Waals surface area contributed by atoms with E-state index in [-0.39, 0.29) is 34.8 Å². The zero-order chi connectivity index (χ0) is 22.1. The van der Waals surface area contributed by atoms with E-state index < -0.39 is 24.2 Å². The van der Waals surface area contributed by atoms with Gasteiger partial charge in [-0.1, -0.05) is 13.0 Å². The van der Waals surface area contributed by atoms with Gasteiger partial charge < -0.3 is 4.74 Å². The minimum atomic E-state index is -0.748. The Bertz CT molecular complexity index is 1050. The van der Waals surface area contributed by atoms with Crippen LogP contribution in [0.4, 0.5) is 10.1 Å². The summed E-state index contributed by atoms with van der Waals surface area (Å²) in [5.41, 5.74) is 0.692. The van der Waals surface area contributed by atoms with Gasteiger partial charge >= 0.3 is 5.97 Å². The number of nitrogens with zero attached hydrogens (tertiary/aromatic N) is 1. The van der Waals surface area contributed by atoms with E-state index in [0.717, 1.165) is 18.6 Å². The van der Waals surface area contributed by atoms with Gasteiger partial charge in [-0.3, -0.25) is 19.3 Å². The van der Waals surface area contributed by atoms with E-state index in [0.29, 0.717) is 24.4 Å². The molecule has 2 aliphatic rings. The van der Waals surface area contributed by atoms with Crippen molar-refractivity contribution in [1.82, 2.24) is 0 Å². The van der Waals surface area contributed by atoms with E-state index in [2.05, 4.69) is 6.92 Å². The number of hydrogen-bond acceptors (Lipinski definition) is 5. The highest BCUT2D eigenvalue weighted by molar-refractivity contribution is 6.22. The number of Topliss-reactive ketones (excluding diaryl/α,β-unsaturated/α-hetero) is 1. The van der Waals surface area contributed by atoms with Crippen LogP contribution in [-0.2, 0) is 14.3 Å². The highest BCUT2D eigenvalue weighted by Crippen LogP contribution is 2.42. The van der Waals surface area contributed by atoms with Crippen LogP contribution in [0.15, 0.2) is 48.5 Å². The third-order valence-electron chi connectivity index (χ3n) is 6.03. The van der Waals surface area contributed by atoms with E-state index in [4.69, 9.17) is 4.74 Å². The van der Waals surface area contributed by atoms with Crippen LogP contribution in [0.25, 0.3) is 0 Å². The lowest BCUT2D eigenvalue weighted by Gasteiger charge is -2.25. The number of fused-ring (bicyclic) bond motifs is 1. The molecule has 7 heteroatoms. The molecule has 0 bridgehead atoms. The molecular weight excluding hydrogens is 401 g/mol. The first-order chi connectivity index (χ1) is 14.8. The molecule has 1 saturated heterocycles. The highest BCUT2D eigenvalue weighted by Gasteiger charge is 2.50. The highest BCUT2D eigenvalue weighted by atomic mass is 19.1. The van der Waals surface area contributed by atoms with E-state index in [1.54, 1.807) is 12.1 Å². The molecule has 2 aromatic carbocycles. The Morgan fingerprint density at radius 1 is 1.00 bits per heavy atom. The molecule has 31 heavy (non-hydrogen) atoms. The fraction of sp³-hybridized carbons (Fsp3) is 0.333. The molecule has 1 heterocycles. The molecule has 160 valence electrons. The SMILES string of the molecule is C[C@@H]1CC[C@@H]2C(=O)N(c3cccc(C(=O)OCC(=O)c4ccc(F)cc4)c3)C(=O)[C@H]2C1. The molecule has 2 amide bonds. The Balaban J connectivity index is 1.46. The Labute approximate surface area is 179 Å². The summed E-state index contributed by atoms with van der Waals surface area (Å²) in [7, 11) is 0. The lowest BCUT2D eigenvalue weighted by atomic mass is 9.76. The summed E-state index contributed by atoms with van der Waals surface area (Å²) >= 11 is 0. The first-order valence-corrected chi connectivity index (χ1v) is 10.3. The van der Waals surface area contributed by atoms with Crippen molar-refractivity contribution in [1.29, 1.82) is 0 Å². The number of ketones is 1. The fourth-order valence-electron chi connectivity index (χ4n) is 4.35. The second-order valence-electron chi connectivity index (χ2n) is 8.20. The number of halogens is 1. The monoisotopic (exact) mass is 423 g/mol. The van der Waals surface area contributed by atoms with Crippen LogP contribution in [0.2, 0.25) is 0 Å². The molecule has 3 atom stereocenters. The summed E-state index contributed by atoms with van der Waals surface area (Å²) in [6, 6.07) is 11.0. The second kappa shape index (κ2) is 8.41. The predicted octanol–water partition coefficient (Wildman–Crippen LogP) is 3.79. The number of carbonyl (C=O) groups is 4. The number of esters is 1. The van der Waals surface area contributed by atoms with Gasteiger partial charge in [0.1, 0.15) is 5.82 Å². The molecule has 2 fully saturated rings. The van der Waals surface area contributed by atoms with Gasteiger partial charge in [0, 0.05) is 5.56 Å². The number of amides is 2. The predicted molar refractivity (Wildman–Crippen MR) is 110 cm³/mol. The van der Waals surface area contributed by atoms with Gasteiger partial charge in [0.25, 0.3) is 0 Å². The maximum absolute atomic E-state index is 13.0. The molecule has 6 nitrogen and oxygen atoms in total. The Morgan fingerprint density at radius 3 is 2.45 bits per heavy atom.